The highest BCUT2D eigenvalue weighted by Gasteiger charge is 2.25. The van der Waals surface area contributed by atoms with Crippen molar-refractivity contribution in [2.75, 3.05) is 32.8 Å². The lowest BCUT2D eigenvalue weighted by molar-refractivity contribution is -0.145. The van der Waals surface area contributed by atoms with Crippen LogP contribution in [0.3, 0.4) is 0 Å². The summed E-state index contributed by atoms with van der Waals surface area (Å²) < 4.78 is 5.73. The maximum absolute atomic E-state index is 11.7. The van der Waals surface area contributed by atoms with E-state index in [1.807, 2.05) is 12.1 Å². The minimum atomic E-state index is -0.965. The number of ether oxygens (including phenoxy) is 1. The van der Waals surface area contributed by atoms with Gasteiger partial charge in [-0.15, -0.1) is 0 Å². The molecule has 1 amide bonds. The van der Waals surface area contributed by atoms with Crippen LogP contribution in [-0.4, -0.2) is 65.6 Å². The summed E-state index contributed by atoms with van der Waals surface area (Å²) in [6.45, 7) is 4.36. The van der Waals surface area contributed by atoms with Crippen LogP contribution in [0.15, 0.2) is 24.3 Å². The molecule has 1 N–H and O–H groups in total. The zero-order valence-corrected chi connectivity index (χ0v) is 15.2. The van der Waals surface area contributed by atoms with Crippen LogP contribution in [0.2, 0.25) is 5.02 Å². The molecule has 1 atom stereocenters. The standard InChI is InChI=1S/C18H25ClN2O4/c1-14(22)21(13-18(23)24)16-3-2-9-20(10-8-16)11-12-25-17-6-4-15(19)5-7-17/h4-7,16H,2-3,8-13H2,1H3,(H,23,24). The highest BCUT2D eigenvalue weighted by atomic mass is 35.5. The first-order chi connectivity index (χ1) is 12.0. The summed E-state index contributed by atoms with van der Waals surface area (Å²) in [5.74, 6) is -0.346. The number of aliphatic carboxylic acids is 1. The summed E-state index contributed by atoms with van der Waals surface area (Å²) in [6.07, 6.45) is 2.56. The minimum Gasteiger partial charge on any atom is -0.492 e. The van der Waals surface area contributed by atoms with Gasteiger partial charge in [-0.1, -0.05) is 11.6 Å². The zero-order chi connectivity index (χ0) is 18.2. The van der Waals surface area contributed by atoms with Crippen molar-refractivity contribution in [1.82, 2.24) is 9.80 Å². The van der Waals surface area contributed by atoms with Gasteiger partial charge in [0.1, 0.15) is 18.9 Å². The molecule has 1 aliphatic rings. The SMILES string of the molecule is CC(=O)N(CC(=O)O)C1CCCN(CCOc2ccc(Cl)cc2)CC1. The topological polar surface area (TPSA) is 70.1 Å². The molecule has 1 saturated heterocycles. The predicted molar refractivity (Wildman–Crippen MR) is 96.0 cm³/mol. The highest BCUT2D eigenvalue weighted by molar-refractivity contribution is 6.30. The second kappa shape index (κ2) is 9.63. The third-order valence-corrected chi connectivity index (χ3v) is 4.68. The molecule has 0 aliphatic carbocycles. The molecule has 1 unspecified atom stereocenters. The zero-order valence-electron chi connectivity index (χ0n) is 14.5. The Kier molecular flexibility index (Phi) is 7.52. The van der Waals surface area contributed by atoms with Gasteiger partial charge in [-0.25, -0.2) is 0 Å². The number of halogens is 1. The molecular formula is C18H25ClN2O4. The summed E-state index contributed by atoms with van der Waals surface area (Å²) in [5.41, 5.74) is 0. The first-order valence-electron chi connectivity index (χ1n) is 8.55. The van der Waals surface area contributed by atoms with Gasteiger partial charge < -0.3 is 14.7 Å². The van der Waals surface area contributed by atoms with E-state index in [4.69, 9.17) is 21.4 Å². The van der Waals surface area contributed by atoms with Crippen LogP contribution in [0.1, 0.15) is 26.2 Å². The van der Waals surface area contributed by atoms with Crippen LogP contribution in [-0.2, 0) is 9.59 Å². The molecule has 1 fully saturated rings. The normalized spacial score (nSPS) is 18.4. The number of nitrogens with zero attached hydrogens (tertiary/aromatic N) is 2. The Bertz CT molecular complexity index is 579. The lowest BCUT2D eigenvalue weighted by Crippen LogP contribution is -2.42. The van der Waals surface area contributed by atoms with E-state index in [9.17, 15) is 9.59 Å². The van der Waals surface area contributed by atoms with Gasteiger partial charge in [0.15, 0.2) is 0 Å². The highest BCUT2D eigenvalue weighted by Crippen LogP contribution is 2.18. The molecule has 2 rings (SSSR count). The van der Waals surface area contributed by atoms with Crippen molar-refractivity contribution in [2.45, 2.75) is 32.2 Å². The number of carboxylic acids is 1. The lowest BCUT2D eigenvalue weighted by atomic mass is 10.1. The van der Waals surface area contributed by atoms with Gasteiger partial charge in [-0.05, 0) is 50.1 Å². The van der Waals surface area contributed by atoms with Crippen LogP contribution < -0.4 is 4.74 Å². The molecule has 1 aliphatic heterocycles. The number of hydrogen-bond donors (Lipinski definition) is 1. The molecule has 0 spiro atoms. The molecule has 1 aromatic rings. The quantitative estimate of drug-likeness (QED) is 0.800. The molecule has 138 valence electrons. The van der Waals surface area contributed by atoms with Crippen molar-refractivity contribution in [3.8, 4) is 5.75 Å². The molecule has 0 aromatic heterocycles. The van der Waals surface area contributed by atoms with E-state index in [0.717, 1.165) is 44.6 Å². The average molecular weight is 369 g/mol. The fourth-order valence-electron chi connectivity index (χ4n) is 3.14. The van der Waals surface area contributed by atoms with Crippen LogP contribution in [0, 0.1) is 0 Å². The Morgan fingerprint density at radius 1 is 1.28 bits per heavy atom. The molecule has 0 saturated carbocycles. The number of amides is 1. The van der Waals surface area contributed by atoms with Crippen molar-refractivity contribution in [3.63, 3.8) is 0 Å². The molecule has 0 radical (unpaired) electrons. The Hall–Kier alpha value is -1.79. The van der Waals surface area contributed by atoms with Crippen molar-refractivity contribution in [3.05, 3.63) is 29.3 Å². The van der Waals surface area contributed by atoms with E-state index in [-0.39, 0.29) is 18.5 Å². The molecule has 0 bridgehead atoms. The number of carboxylic acid groups (broad SMARTS) is 1. The number of carbonyl (C=O) groups is 2. The van der Waals surface area contributed by atoms with Gasteiger partial charge in [0.25, 0.3) is 0 Å². The number of rotatable bonds is 7. The van der Waals surface area contributed by atoms with Crippen molar-refractivity contribution in [1.29, 1.82) is 0 Å². The second-order valence-corrected chi connectivity index (χ2v) is 6.71. The van der Waals surface area contributed by atoms with Gasteiger partial charge in [0.2, 0.25) is 5.91 Å². The van der Waals surface area contributed by atoms with Crippen molar-refractivity contribution in [2.24, 2.45) is 0 Å². The number of likely N-dealkylation sites (tertiary alicyclic amines) is 1. The second-order valence-electron chi connectivity index (χ2n) is 6.27. The van der Waals surface area contributed by atoms with Gasteiger partial charge in [-0.2, -0.15) is 0 Å². The molecule has 6 nitrogen and oxygen atoms in total. The fraction of sp³-hybridized carbons (Fsp3) is 0.556. The Balaban J connectivity index is 1.79. The largest absolute Gasteiger partial charge is 0.492 e. The van der Waals surface area contributed by atoms with Gasteiger partial charge >= 0.3 is 5.97 Å². The number of carbonyl (C=O) groups excluding carboxylic acids is 1. The Morgan fingerprint density at radius 3 is 2.64 bits per heavy atom. The Labute approximate surface area is 153 Å². The summed E-state index contributed by atoms with van der Waals surface area (Å²) in [4.78, 5) is 26.5. The lowest BCUT2D eigenvalue weighted by Gasteiger charge is -2.29. The summed E-state index contributed by atoms with van der Waals surface area (Å²) >= 11 is 5.85. The minimum absolute atomic E-state index is 0.00390. The van der Waals surface area contributed by atoms with Crippen LogP contribution in [0.5, 0.6) is 5.75 Å². The van der Waals surface area contributed by atoms with Gasteiger partial charge in [0.05, 0.1) is 0 Å². The first kappa shape index (κ1) is 19.5. The van der Waals surface area contributed by atoms with E-state index in [0.29, 0.717) is 11.6 Å². The van der Waals surface area contributed by atoms with E-state index in [1.165, 1.54) is 11.8 Å². The summed E-state index contributed by atoms with van der Waals surface area (Å²) in [6, 6.07) is 7.28. The number of benzene rings is 1. The average Bonchev–Trinajstić information content (AvgIpc) is 2.80. The van der Waals surface area contributed by atoms with E-state index < -0.39 is 5.97 Å². The third kappa shape index (κ3) is 6.55. The Morgan fingerprint density at radius 2 is 2.00 bits per heavy atom. The predicted octanol–water partition coefficient (Wildman–Crippen LogP) is 2.51. The molecular weight excluding hydrogens is 344 g/mol. The molecule has 7 heteroatoms. The molecule has 25 heavy (non-hydrogen) atoms. The van der Waals surface area contributed by atoms with E-state index >= 15 is 0 Å². The van der Waals surface area contributed by atoms with Crippen LogP contribution in [0.4, 0.5) is 0 Å². The maximum Gasteiger partial charge on any atom is 0.323 e. The molecule has 1 heterocycles. The first-order valence-corrected chi connectivity index (χ1v) is 8.93. The smallest absolute Gasteiger partial charge is 0.323 e. The van der Waals surface area contributed by atoms with E-state index in [1.54, 1.807) is 12.1 Å². The van der Waals surface area contributed by atoms with Crippen molar-refractivity contribution >= 4 is 23.5 Å². The van der Waals surface area contributed by atoms with Crippen molar-refractivity contribution < 1.29 is 19.4 Å². The van der Waals surface area contributed by atoms with Gasteiger partial charge in [0, 0.05) is 31.1 Å². The summed E-state index contributed by atoms with van der Waals surface area (Å²) in [5, 5.41) is 9.68. The monoisotopic (exact) mass is 368 g/mol. The summed E-state index contributed by atoms with van der Waals surface area (Å²) in [7, 11) is 0. The fourth-order valence-corrected chi connectivity index (χ4v) is 3.27. The van der Waals surface area contributed by atoms with Crippen LogP contribution in [0.25, 0.3) is 0 Å². The van der Waals surface area contributed by atoms with Gasteiger partial charge in [-0.3, -0.25) is 14.5 Å². The third-order valence-electron chi connectivity index (χ3n) is 4.43. The van der Waals surface area contributed by atoms with E-state index in [2.05, 4.69) is 4.90 Å². The number of hydrogen-bond acceptors (Lipinski definition) is 4. The van der Waals surface area contributed by atoms with Crippen LogP contribution >= 0.6 is 11.6 Å². The molecule has 1 aromatic carbocycles. The maximum atomic E-state index is 11.7.